The van der Waals surface area contributed by atoms with E-state index in [1.165, 1.54) is 30.1 Å². The molecule has 15 heteroatoms. The summed E-state index contributed by atoms with van der Waals surface area (Å²) in [7, 11) is -4.05. The molecule has 0 saturated heterocycles. The van der Waals surface area contributed by atoms with Crippen LogP contribution in [-0.2, 0) is 25.4 Å². The first-order valence-corrected chi connectivity index (χ1v) is 13.5. The number of halogens is 1. The summed E-state index contributed by atoms with van der Waals surface area (Å²) in [5.41, 5.74) is 9.94. The minimum atomic E-state index is -4.05. The molecule has 3 aromatic carbocycles. The van der Waals surface area contributed by atoms with E-state index < -0.39 is 27.1 Å². The zero-order chi connectivity index (χ0) is 28.9. The van der Waals surface area contributed by atoms with Crippen molar-refractivity contribution in [3.05, 3.63) is 94.8 Å². The number of sulfonamides is 1. The number of aromatic nitrogens is 4. The number of nitrogens with two attached hydrogens (primary N) is 3. The Labute approximate surface area is 233 Å². The minimum absolute atomic E-state index is 0.0682. The fourth-order valence-electron chi connectivity index (χ4n) is 4.84. The van der Waals surface area contributed by atoms with Crippen LogP contribution in [0.4, 0.5) is 0 Å². The molecule has 1 aliphatic rings. The fourth-order valence-corrected chi connectivity index (χ4v) is 5.91. The van der Waals surface area contributed by atoms with Crippen LogP contribution in [0.3, 0.4) is 0 Å². The normalized spacial score (nSPS) is 20.5. The summed E-state index contributed by atoms with van der Waals surface area (Å²) < 4.78 is 25.6. The van der Waals surface area contributed by atoms with E-state index in [-0.39, 0.29) is 27.0 Å². The van der Waals surface area contributed by atoms with Gasteiger partial charge in [-0.3, -0.25) is 10.2 Å². The lowest BCUT2D eigenvalue weighted by atomic mass is 9.69. The molecule has 2 atom stereocenters. The van der Waals surface area contributed by atoms with Crippen molar-refractivity contribution in [2.75, 3.05) is 0 Å². The maximum Gasteiger partial charge on any atom is 0.278 e. The van der Waals surface area contributed by atoms with Gasteiger partial charge in [-0.05, 0) is 41.1 Å². The van der Waals surface area contributed by atoms with E-state index in [1.807, 2.05) is 0 Å². The van der Waals surface area contributed by atoms with Crippen LogP contribution in [0.15, 0.2) is 83.1 Å². The lowest BCUT2D eigenvalue weighted by Gasteiger charge is -2.39. The standard InChI is InChI=1S/C25H22ClN9O4S/c1-24(23(29)36)21(15-5-4-6-16(11-15)22(27)28)32-39-25(24,35-13-31-33-34-35)18-10-9-14(12-19(18)26)17-7-2-3-8-20(17)40(30,37)38/h2-13H,1H3,(H3,27,28)(H2,29,36)(H2,30,37,38). The molecule has 1 aromatic heterocycles. The number of nitrogens with one attached hydrogen (secondary N) is 1. The molecule has 0 bridgehead atoms. The average molecular weight is 580 g/mol. The molecule has 0 spiro atoms. The Morgan fingerprint density at radius 2 is 1.80 bits per heavy atom. The fraction of sp³-hybridized carbons (Fsp3) is 0.120. The predicted octanol–water partition coefficient (Wildman–Crippen LogP) is 1.55. The summed E-state index contributed by atoms with van der Waals surface area (Å²) >= 11 is 6.83. The molecule has 2 heterocycles. The van der Waals surface area contributed by atoms with Gasteiger partial charge >= 0.3 is 0 Å². The molecule has 0 aliphatic carbocycles. The average Bonchev–Trinajstić information content (AvgIpc) is 3.56. The highest BCUT2D eigenvalue weighted by Crippen LogP contribution is 2.52. The summed E-state index contributed by atoms with van der Waals surface area (Å²) in [6.07, 6.45) is 1.23. The van der Waals surface area contributed by atoms with Crippen LogP contribution in [0.1, 0.15) is 23.6 Å². The first kappa shape index (κ1) is 26.9. The van der Waals surface area contributed by atoms with Crippen molar-refractivity contribution in [1.29, 1.82) is 5.41 Å². The van der Waals surface area contributed by atoms with Crippen molar-refractivity contribution in [3.63, 3.8) is 0 Å². The van der Waals surface area contributed by atoms with Crippen molar-refractivity contribution < 1.29 is 18.0 Å². The molecule has 5 rings (SSSR count). The lowest BCUT2D eigenvalue weighted by molar-refractivity contribution is -0.150. The number of primary amides is 1. The second-order valence-electron chi connectivity index (χ2n) is 9.15. The van der Waals surface area contributed by atoms with Crippen LogP contribution >= 0.6 is 11.6 Å². The first-order chi connectivity index (χ1) is 18.9. The summed E-state index contributed by atoms with van der Waals surface area (Å²) in [6.45, 7) is 1.52. The number of nitrogen functional groups attached to an aromatic ring is 1. The van der Waals surface area contributed by atoms with Crippen LogP contribution in [0.2, 0.25) is 5.02 Å². The van der Waals surface area contributed by atoms with Crippen LogP contribution in [0.5, 0.6) is 0 Å². The van der Waals surface area contributed by atoms with Gasteiger partial charge in [-0.25, -0.2) is 13.6 Å². The molecule has 13 nitrogen and oxygen atoms in total. The van der Waals surface area contributed by atoms with Gasteiger partial charge in [-0.2, -0.15) is 4.68 Å². The van der Waals surface area contributed by atoms with E-state index in [0.29, 0.717) is 22.3 Å². The van der Waals surface area contributed by atoms with Crippen LogP contribution in [0, 0.1) is 10.8 Å². The van der Waals surface area contributed by atoms with E-state index in [0.717, 1.165) is 0 Å². The Hall–Kier alpha value is -4.66. The van der Waals surface area contributed by atoms with Gasteiger partial charge in [0.2, 0.25) is 15.9 Å². The number of nitrogens with zero attached hydrogens (tertiary/aromatic N) is 5. The van der Waals surface area contributed by atoms with Gasteiger partial charge in [0.15, 0.2) is 5.41 Å². The van der Waals surface area contributed by atoms with E-state index in [9.17, 15) is 13.2 Å². The Morgan fingerprint density at radius 1 is 1.05 bits per heavy atom. The highest BCUT2D eigenvalue weighted by molar-refractivity contribution is 7.89. The molecule has 4 aromatic rings. The summed E-state index contributed by atoms with van der Waals surface area (Å²) in [4.78, 5) is 19.3. The summed E-state index contributed by atoms with van der Waals surface area (Å²) in [6, 6.07) is 17.4. The van der Waals surface area contributed by atoms with Gasteiger partial charge in [-0.1, -0.05) is 65.3 Å². The van der Waals surface area contributed by atoms with E-state index in [4.69, 9.17) is 38.5 Å². The Balaban J connectivity index is 1.73. The SMILES string of the molecule is CC1(C(N)=O)C(c2cccc(C(=N)N)c2)=NOC1(c1ccc(-c2ccccc2S(N)(=O)=O)cc1Cl)n1cnnn1. The Morgan fingerprint density at radius 3 is 2.42 bits per heavy atom. The molecular weight excluding hydrogens is 558 g/mol. The van der Waals surface area contributed by atoms with Gasteiger partial charge in [0.1, 0.15) is 17.9 Å². The second kappa shape index (κ2) is 9.51. The number of amidine groups is 1. The van der Waals surface area contributed by atoms with E-state index in [2.05, 4.69) is 20.7 Å². The number of carbonyl (C=O) groups excluding carboxylic acids is 1. The van der Waals surface area contributed by atoms with Crippen molar-refractivity contribution in [2.45, 2.75) is 17.5 Å². The number of tetrazole rings is 1. The van der Waals surface area contributed by atoms with Crippen molar-refractivity contribution >= 4 is 39.1 Å². The first-order valence-electron chi connectivity index (χ1n) is 11.6. The van der Waals surface area contributed by atoms with Crippen LogP contribution < -0.4 is 16.6 Å². The molecule has 7 N–H and O–H groups in total. The van der Waals surface area contributed by atoms with Gasteiger partial charge in [0, 0.05) is 22.3 Å². The minimum Gasteiger partial charge on any atom is -0.384 e. The number of oxime groups is 1. The number of amides is 1. The third-order valence-corrected chi connectivity index (χ3v) is 8.15. The quantitative estimate of drug-likeness (QED) is 0.185. The smallest absolute Gasteiger partial charge is 0.278 e. The maximum atomic E-state index is 13.4. The van der Waals surface area contributed by atoms with Gasteiger partial charge in [0.05, 0.1) is 9.92 Å². The number of carbonyl (C=O) groups is 1. The molecule has 0 saturated carbocycles. The monoisotopic (exact) mass is 579 g/mol. The molecule has 0 radical (unpaired) electrons. The second-order valence-corrected chi connectivity index (χ2v) is 11.1. The molecular formula is C25H22ClN9O4S. The topological polar surface area (TPSA) is 218 Å². The molecule has 1 amide bonds. The third-order valence-electron chi connectivity index (χ3n) is 6.87. The van der Waals surface area contributed by atoms with E-state index >= 15 is 0 Å². The Bertz CT molecular complexity index is 1810. The highest BCUT2D eigenvalue weighted by atomic mass is 35.5. The molecule has 204 valence electrons. The number of rotatable bonds is 7. The number of hydrogen-bond donors (Lipinski definition) is 4. The van der Waals surface area contributed by atoms with Crippen molar-refractivity contribution in [2.24, 2.45) is 27.2 Å². The zero-order valence-corrected chi connectivity index (χ0v) is 22.4. The molecule has 2 unspecified atom stereocenters. The van der Waals surface area contributed by atoms with Crippen LogP contribution in [-0.4, -0.2) is 46.1 Å². The Kier molecular flexibility index (Phi) is 6.40. The molecule has 40 heavy (non-hydrogen) atoms. The molecule has 0 fully saturated rings. The zero-order valence-electron chi connectivity index (χ0n) is 20.8. The highest BCUT2D eigenvalue weighted by Gasteiger charge is 2.66. The molecule has 1 aliphatic heterocycles. The number of primary sulfonamides is 1. The van der Waals surface area contributed by atoms with Crippen LogP contribution in [0.25, 0.3) is 11.1 Å². The number of hydrogen-bond acceptors (Lipinski definition) is 9. The van der Waals surface area contributed by atoms with Gasteiger partial charge in [-0.15, -0.1) is 5.10 Å². The summed E-state index contributed by atoms with van der Waals surface area (Å²) in [5.74, 6) is -1.03. The number of benzene rings is 3. The predicted molar refractivity (Wildman–Crippen MR) is 146 cm³/mol. The summed E-state index contributed by atoms with van der Waals surface area (Å²) in [5, 5.41) is 29.0. The maximum absolute atomic E-state index is 13.4. The van der Waals surface area contributed by atoms with Crippen molar-refractivity contribution in [3.8, 4) is 11.1 Å². The van der Waals surface area contributed by atoms with Crippen molar-refractivity contribution in [1.82, 2.24) is 20.2 Å². The van der Waals surface area contributed by atoms with Gasteiger partial charge in [0.25, 0.3) is 5.72 Å². The largest absolute Gasteiger partial charge is 0.384 e. The van der Waals surface area contributed by atoms with E-state index in [1.54, 1.807) is 54.6 Å². The lowest BCUT2D eigenvalue weighted by Crippen LogP contribution is -2.58. The third kappa shape index (κ3) is 4.00. The van der Waals surface area contributed by atoms with Gasteiger partial charge < -0.3 is 16.3 Å².